The van der Waals surface area contributed by atoms with E-state index in [0.29, 0.717) is 12.0 Å². The first kappa shape index (κ1) is 16.3. The van der Waals surface area contributed by atoms with E-state index in [1.807, 2.05) is 0 Å². The van der Waals surface area contributed by atoms with Crippen molar-refractivity contribution in [3.63, 3.8) is 0 Å². The minimum Gasteiger partial charge on any atom is -0.328 e. The molecule has 0 aromatic rings. The number of rotatable bonds is 10. The van der Waals surface area contributed by atoms with Crippen molar-refractivity contribution in [2.24, 2.45) is 5.41 Å². The summed E-state index contributed by atoms with van der Waals surface area (Å²) in [6.07, 6.45) is 8.31. The minimum atomic E-state index is -2.15. The van der Waals surface area contributed by atoms with Crippen molar-refractivity contribution in [2.75, 3.05) is 6.61 Å². The first-order valence-electron chi connectivity index (χ1n) is 6.41. The Balaban J connectivity index is 3.55. The van der Waals surface area contributed by atoms with E-state index < -0.39 is 8.60 Å². The van der Waals surface area contributed by atoms with Gasteiger partial charge in [0.1, 0.15) is 0 Å². The molecule has 0 spiro atoms. The highest BCUT2D eigenvalue weighted by atomic mass is 31.2. The Hall–Kier alpha value is 0.310. The summed E-state index contributed by atoms with van der Waals surface area (Å²) in [6.45, 7) is 7.30. The molecule has 0 aliphatic heterocycles. The van der Waals surface area contributed by atoms with Crippen LogP contribution in [0.1, 0.15) is 65.7 Å². The van der Waals surface area contributed by atoms with E-state index in [9.17, 15) is 0 Å². The van der Waals surface area contributed by atoms with Gasteiger partial charge in [-0.05, 0) is 18.3 Å². The van der Waals surface area contributed by atoms with Crippen LogP contribution in [-0.2, 0) is 4.52 Å². The average molecular weight is 250 g/mol. The Morgan fingerprint density at radius 3 is 1.94 bits per heavy atom. The van der Waals surface area contributed by atoms with Gasteiger partial charge in [0.05, 0.1) is 6.61 Å². The lowest BCUT2D eigenvalue weighted by Crippen LogP contribution is -2.17. The van der Waals surface area contributed by atoms with Gasteiger partial charge in [0.15, 0.2) is 0 Å². The van der Waals surface area contributed by atoms with Gasteiger partial charge in [0, 0.05) is 0 Å². The van der Waals surface area contributed by atoms with Crippen molar-refractivity contribution < 1.29 is 14.3 Å². The summed E-state index contributed by atoms with van der Waals surface area (Å²) in [5.41, 5.74) is 0.529. The molecule has 0 aliphatic carbocycles. The van der Waals surface area contributed by atoms with Gasteiger partial charge in [-0.3, -0.25) is 0 Å². The second kappa shape index (κ2) is 9.35. The number of hydrogen-bond acceptors (Lipinski definition) is 3. The highest BCUT2D eigenvalue weighted by molar-refractivity contribution is 7.39. The zero-order valence-corrected chi connectivity index (χ0v) is 11.8. The summed E-state index contributed by atoms with van der Waals surface area (Å²) < 4.78 is 4.73. The predicted molar refractivity (Wildman–Crippen MR) is 69.1 cm³/mol. The van der Waals surface area contributed by atoms with E-state index in [4.69, 9.17) is 14.3 Å². The molecule has 0 bridgehead atoms. The Bertz CT molecular complexity index is 150. The SMILES string of the molecule is CCC(CC)(CC)CCCCCOP(O)O. The number of unbranched alkanes of at least 4 members (excludes halogenated alkanes) is 2. The van der Waals surface area contributed by atoms with Crippen LogP contribution in [0.5, 0.6) is 0 Å². The van der Waals surface area contributed by atoms with Gasteiger partial charge < -0.3 is 14.3 Å². The van der Waals surface area contributed by atoms with Crippen LogP contribution in [0.25, 0.3) is 0 Å². The molecule has 2 N–H and O–H groups in total. The maximum Gasteiger partial charge on any atom is 0.327 e. The molecule has 0 aromatic carbocycles. The van der Waals surface area contributed by atoms with Crippen LogP contribution >= 0.6 is 8.60 Å². The Kier molecular flexibility index (Phi) is 9.53. The molecule has 0 saturated heterocycles. The lowest BCUT2D eigenvalue weighted by Gasteiger charge is -2.30. The molecule has 16 heavy (non-hydrogen) atoms. The highest BCUT2D eigenvalue weighted by Crippen LogP contribution is 2.36. The molecule has 0 unspecified atom stereocenters. The molecule has 3 nitrogen and oxygen atoms in total. The zero-order valence-electron chi connectivity index (χ0n) is 10.9. The quantitative estimate of drug-likeness (QED) is 0.455. The zero-order chi connectivity index (χ0) is 12.4. The summed E-state index contributed by atoms with van der Waals surface area (Å²) in [5.74, 6) is 0. The van der Waals surface area contributed by atoms with Crippen LogP contribution < -0.4 is 0 Å². The van der Waals surface area contributed by atoms with Crippen LogP contribution in [0, 0.1) is 5.41 Å². The highest BCUT2D eigenvalue weighted by Gasteiger charge is 2.22. The van der Waals surface area contributed by atoms with E-state index in [1.165, 1.54) is 32.1 Å². The third-order valence-corrected chi connectivity index (χ3v) is 4.22. The molecule has 0 atom stereocenters. The molecule has 4 heteroatoms. The van der Waals surface area contributed by atoms with Crippen molar-refractivity contribution in [2.45, 2.75) is 65.7 Å². The first-order chi connectivity index (χ1) is 7.60. The van der Waals surface area contributed by atoms with Gasteiger partial charge in [-0.15, -0.1) is 0 Å². The summed E-state index contributed by atoms with van der Waals surface area (Å²) >= 11 is 0. The van der Waals surface area contributed by atoms with Gasteiger partial charge >= 0.3 is 8.60 Å². The summed E-state index contributed by atoms with van der Waals surface area (Å²) in [7, 11) is -2.15. The van der Waals surface area contributed by atoms with Crippen LogP contribution in [0.15, 0.2) is 0 Å². The molecule has 0 aliphatic rings. The molecule has 0 rings (SSSR count). The Morgan fingerprint density at radius 2 is 1.50 bits per heavy atom. The van der Waals surface area contributed by atoms with E-state index in [2.05, 4.69) is 20.8 Å². The van der Waals surface area contributed by atoms with Crippen molar-refractivity contribution in [3.05, 3.63) is 0 Å². The second-order valence-electron chi connectivity index (χ2n) is 4.46. The lowest BCUT2D eigenvalue weighted by molar-refractivity contribution is 0.212. The molecule has 0 aromatic heterocycles. The average Bonchev–Trinajstić information content (AvgIpc) is 2.29. The number of hydrogen-bond donors (Lipinski definition) is 2. The van der Waals surface area contributed by atoms with Gasteiger partial charge in [-0.25, -0.2) is 0 Å². The van der Waals surface area contributed by atoms with Crippen LogP contribution in [-0.4, -0.2) is 16.4 Å². The summed E-state index contributed by atoms with van der Waals surface area (Å²) in [5, 5.41) is 0. The fourth-order valence-electron chi connectivity index (χ4n) is 2.21. The standard InChI is InChI=1S/C12H27O3P/c1-4-12(5-2,6-3)10-8-7-9-11-15-16(13)14/h13-14H,4-11H2,1-3H3. The molecule has 0 amide bonds. The predicted octanol–water partition coefficient (Wildman–Crippen LogP) is 3.99. The fourth-order valence-corrected chi connectivity index (χ4v) is 2.50. The first-order valence-corrected chi connectivity index (χ1v) is 7.57. The van der Waals surface area contributed by atoms with Gasteiger partial charge in [-0.1, -0.05) is 52.9 Å². The van der Waals surface area contributed by atoms with Gasteiger partial charge in [0.2, 0.25) is 0 Å². The fraction of sp³-hybridized carbons (Fsp3) is 1.00. The summed E-state index contributed by atoms with van der Waals surface area (Å²) in [4.78, 5) is 17.1. The molecule has 0 saturated carbocycles. The Labute approximate surface area is 101 Å². The normalized spacial score (nSPS) is 12.4. The molecule has 0 radical (unpaired) electrons. The lowest BCUT2D eigenvalue weighted by atomic mass is 9.76. The maximum absolute atomic E-state index is 8.55. The summed E-state index contributed by atoms with van der Waals surface area (Å²) in [6, 6.07) is 0. The third-order valence-electron chi connectivity index (χ3n) is 3.81. The van der Waals surface area contributed by atoms with Gasteiger partial charge in [0.25, 0.3) is 0 Å². The molecular weight excluding hydrogens is 223 g/mol. The van der Waals surface area contributed by atoms with E-state index >= 15 is 0 Å². The van der Waals surface area contributed by atoms with Crippen LogP contribution in [0.2, 0.25) is 0 Å². The smallest absolute Gasteiger partial charge is 0.327 e. The minimum absolute atomic E-state index is 0.468. The van der Waals surface area contributed by atoms with Crippen LogP contribution in [0.3, 0.4) is 0 Å². The van der Waals surface area contributed by atoms with Crippen molar-refractivity contribution >= 4 is 8.60 Å². The monoisotopic (exact) mass is 250 g/mol. The van der Waals surface area contributed by atoms with E-state index in [-0.39, 0.29) is 0 Å². The molecule has 98 valence electrons. The van der Waals surface area contributed by atoms with E-state index in [1.54, 1.807) is 0 Å². The van der Waals surface area contributed by atoms with Crippen molar-refractivity contribution in [1.29, 1.82) is 0 Å². The maximum atomic E-state index is 8.55. The molecule has 0 fully saturated rings. The van der Waals surface area contributed by atoms with Crippen molar-refractivity contribution in [3.8, 4) is 0 Å². The van der Waals surface area contributed by atoms with Gasteiger partial charge in [-0.2, -0.15) is 0 Å². The van der Waals surface area contributed by atoms with Crippen LogP contribution in [0.4, 0.5) is 0 Å². The Morgan fingerprint density at radius 1 is 0.938 bits per heavy atom. The molecule has 0 heterocycles. The third kappa shape index (κ3) is 6.80. The molecular formula is C12H27O3P. The second-order valence-corrected chi connectivity index (χ2v) is 5.22. The van der Waals surface area contributed by atoms with Crippen molar-refractivity contribution in [1.82, 2.24) is 0 Å². The largest absolute Gasteiger partial charge is 0.328 e. The van der Waals surface area contributed by atoms with E-state index in [0.717, 1.165) is 12.8 Å². The topological polar surface area (TPSA) is 49.7 Å².